The van der Waals surface area contributed by atoms with Crippen LogP contribution in [0.5, 0.6) is 5.75 Å². The Balaban J connectivity index is 2.26. The van der Waals surface area contributed by atoms with E-state index in [1.807, 2.05) is 10.6 Å². The molecule has 1 N–H and O–H groups in total. The first-order valence-electron chi connectivity index (χ1n) is 6.65. The molecule has 102 valence electrons. The molecule has 0 spiro atoms. The van der Waals surface area contributed by atoms with Crippen molar-refractivity contribution in [2.24, 2.45) is 0 Å². The van der Waals surface area contributed by atoms with Crippen molar-refractivity contribution >= 4 is 11.0 Å². The predicted molar refractivity (Wildman–Crippen MR) is 77.1 cm³/mol. The second-order valence-corrected chi connectivity index (χ2v) is 4.74. The van der Waals surface area contributed by atoms with Gasteiger partial charge in [-0.25, -0.2) is 9.37 Å². The summed E-state index contributed by atoms with van der Waals surface area (Å²) >= 11 is 0. The van der Waals surface area contributed by atoms with Crippen molar-refractivity contribution in [3.8, 4) is 17.1 Å². The highest BCUT2D eigenvalue weighted by Crippen LogP contribution is 2.27. The SMILES string of the molecule is CCCn1c(-c2ccc(O)cc2)nc2c(F)cccc21. The number of phenols is 1. The van der Waals surface area contributed by atoms with Crippen molar-refractivity contribution in [1.29, 1.82) is 0 Å². The van der Waals surface area contributed by atoms with Gasteiger partial charge in [0.15, 0.2) is 5.82 Å². The van der Waals surface area contributed by atoms with Crippen LogP contribution < -0.4 is 0 Å². The van der Waals surface area contributed by atoms with Crippen molar-refractivity contribution in [1.82, 2.24) is 9.55 Å². The molecule has 0 unspecified atom stereocenters. The van der Waals surface area contributed by atoms with Gasteiger partial charge in [-0.15, -0.1) is 0 Å². The summed E-state index contributed by atoms with van der Waals surface area (Å²) in [5, 5.41) is 9.37. The van der Waals surface area contributed by atoms with Gasteiger partial charge in [-0.05, 0) is 42.8 Å². The van der Waals surface area contributed by atoms with Crippen molar-refractivity contribution in [3.63, 3.8) is 0 Å². The maximum atomic E-state index is 13.9. The fourth-order valence-electron chi connectivity index (χ4n) is 2.39. The zero-order chi connectivity index (χ0) is 14.1. The number of para-hydroxylation sites is 1. The fraction of sp³-hybridized carbons (Fsp3) is 0.188. The van der Waals surface area contributed by atoms with Gasteiger partial charge in [0, 0.05) is 12.1 Å². The Kier molecular flexibility index (Phi) is 3.14. The van der Waals surface area contributed by atoms with E-state index in [2.05, 4.69) is 11.9 Å². The molecule has 1 heterocycles. The molecule has 0 radical (unpaired) electrons. The van der Waals surface area contributed by atoms with E-state index in [1.165, 1.54) is 6.07 Å². The summed E-state index contributed by atoms with van der Waals surface area (Å²) in [5.74, 6) is 0.627. The number of imidazole rings is 1. The molecular formula is C16H15FN2O. The number of rotatable bonds is 3. The van der Waals surface area contributed by atoms with Crippen LogP contribution >= 0.6 is 0 Å². The minimum atomic E-state index is -0.308. The van der Waals surface area contributed by atoms with Crippen molar-refractivity contribution < 1.29 is 9.50 Å². The minimum Gasteiger partial charge on any atom is -0.508 e. The number of hydrogen-bond donors (Lipinski definition) is 1. The summed E-state index contributed by atoms with van der Waals surface area (Å²) in [6, 6.07) is 11.8. The highest BCUT2D eigenvalue weighted by molar-refractivity contribution is 5.81. The van der Waals surface area contributed by atoms with Crippen LogP contribution in [0.3, 0.4) is 0 Å². The number of benzene rings is 2. The zero-order valence-electron chi connectivity index (χ0n) is 11.2. The predicted octanol–water partition coefficient (Wildman–Crippen LogP) is 3.96. The summed E-state index contributed by atoms with van der Waals surface area (Å²) in [4.78, 5) is 4.44. The Morgan fingerprint density at radius 2 is 1.90 bits per heavy atom. The van der Waals surface area contributed by atoms with E-state index in [4.69, 9.17) is 0 Å². The quantitative estimate of drug-likeness (QED) is 0.782. The third kappa shape index (κ3) is 2.03. The fourth-order valence-corrected chi connectivity index (χ4v) is 2.39. The molecule has 0 saturated heterocycles. The molecule has 4 heteroatoms. The molecule has 0 aliphatic heterocycles. The van der Waals surface area contributed by atoms with Crippen LogP contribution in [0.2, 0.25) is 0 Å². The van der Waals surface area contributed by atoms with Crippen LogP contribution in [0.15, 0.2) is 42.5 Å². The van der Waals surface area contributed by atoms with E-state index in [0.717, 1.165) is 29.9 Å². The molecule has 2 aromatic carbocycles. The standard InChI is InChI=1S/C16H15FN2O/c1-2-10-19-14-5-3-4-13(17)15(14)18-16(19)11-6-8-12(20)9-7-11/h3-9,20H,2,10H2,1H3. The van der Waals surface area contributed by atoms with Gasteiger partial charge in [0.1, 0.15) is 17.1 Å². The van der Waals surface area contributed by atoms with Crippen molar-refractivity contribution in [2.75, 3.05) is 0 Å². The average molecular weight is 270 g/mol. The molecular weight excluding hydrogens is 255 g/mol. The van der Waals surface area contributed by atoms with Gasteiger partial charge in [0.2, 0.25) is 0 Å². The van der Waals surface area contributed by atoms with Gasteiger partial charge in [-0.2, -0.15) is 0 Å². The first kappa shape index (κ1) is 12.7. The molecule has 20 heavy (non-hydrogen) atoms. The lowest BCUT2D eigenvalue weighted by atomic mass is 10.2. The van der Waals surface area contributed by atoms with Crippen LogP contribution in [0.4, 0.5) is 4.39 Å². The zero-order valence-corrected chi connectivity index (χ0v) is 11.2. The number of nitrogens with zero attached hydrogens (tertiary/aromatic N) is 2. The normalized spacial score (nSPS) is 11.1. The molecule has 3 rings (SSSR count). The van der Waals surface area contributed by atoms with Crippen LogP contribution in [-0.4, -0.2) is 14.7 Å². The third-order valence-electron chi connectivity index (χ3n) is 3.30. The molecule has 0 saturated carbocycles. The van der Waals surface area contributed by atoms with Gasteiger partial charge in [-0.1, -0.05) is 13.0 Å². The average Bonchev–Trinajstić information content (AvgIpc) is 2.81. The lowest BCUT2D eigenvalue weighted by Gasteiger charge is -2.07. The van der Waals surface area contributed by atoms with E-state index < -0.39 is 0 Å². The number of hydrogen-bond acceptors (Lipinski definition) is 2. The van der Waals surface area contributed by atoms with Gasteiger partial charge < -0.3 is 9.67 Å². The van der Waals surface area contributed by atoms with Crippen LogP contribution in [0.1, 0.15) is 13.3 Å². The van der Waals surface area contributed by atoms with E-state index in [1.54, 1.807) is 30.3 Å². The second kappa shape index (κ2) is 4.96. The topological polar surface area (TPSA) is 38.0 Å². The molecule has 0 bridgehead atoms. The number of aromatic hydroxyl groups is 1. The van der Waals surface area contributed by atoms with Crippen LogP contribution in [-0.2, 0) is 6.54 Å². The second-order valence-electron chi connectivity index (χ2n) is 4.74. The first-order valence-corrected chi connectivity index (χ1v) is 6.65. The van der Waals surface area contributed by atoms with Crippen molar-refractivity contribution in [2.45, 2.75) is 19.9 Å². The highest BCUT2D eigenvalue weighted by Gasteiger charge is 2.14. The van der Waals surface area contributed by atoms with Crippen LogP contribution in [0, 0.1) is 5.82 Å². The van der Waals surface area contributed by atoms with E-state index in [9.17, 15) is 9.50 Å². The lowest BCUT2D eigenvalue weighted by Crippen LogP contribution is -1.99. The smallest absolute Gasteiger partial charge is 0.151 e. The summed E-state index contributed by atoms with van der Waals surface area (Å²) in [6.07, 6.45) is 0.938. The highest BCUT2D eigenvalue weighted by atomic mass is 19.1. The molecule has 0 amide bonds. The number of phenolic OH excluding ortho intramolecular Hbond substituents is 1. The van der Waals surface area contributed by atoms with Gasteiger partial charge in [-0.3, -0.25) is 0 Å². The molecule has 0 aliphatic rings. The Morgan fingerprint density at radius 1 is 1.15 bits per heavy atom. The van der Waals surface area contributed by atoms with Gasteiger partial charge in [0.05, 0.1) is 5.52 Å². The van der Waals surface area contributed by atoms with Gasteiger partial charge >= 0.3 is 0 Å². The molecule has 0 aliphatic carbocycles. The summed E-state index contributed by atoms with van der Waals surface area (Å²) < 4.78 is 15.9. The first-order chi connectivity index (χ1) is 9.70. The van der Waals surface area contributed by atoms with E-state index in [-0.39, 0.29) is 11.6 Å². The van der Waals surface area contributed by atoms with E-state index >= 15 is 0 Å². The molecule has 3 aromatic rings. The van der Waals surface area contributed by atoms with Crippen molar-refractivity contribution in [3.05, 3.63) is 48.3 Å². The van der Waals surface area contributed by atoms with Crippen LogP contribution in [0.25, 0.3) is 22.4 Å². The Morgan fingerprint density at radius 3 is 2.60 bits per heavy atom. The molecule has 3 nitrogen and oxygen atoms in total. The maximum absolute atomic E-state index is 13.9. The summed E-state index contributed by atoms with van der Waals surface area (Å²) in [6.45, 7) is 2.85. The minimum absolute atomic E-state index is 0.207. The third-order valence-corrected chi connectivity index (χ3v) is 3.30. The number of aromatic nitrogens is 2. The Bertz CT molecular complexity index is 747. The summed E-state index contributed by atoms with van der Waals surface area (Å²) in [5.41, 5.74) is 2.06. The molecule has 0 atom stereocenters. The lowest BCUT2D eigenvalue weighted by molar-refractivity contribution is 0.475. The van der Waals surface area contributed by atoms with E-state index in [0.29, 0.717) is 5.52 Å². The monoisotopic (exact) mass is 270 g/mol. The number of fused-ring (bicyclic) bond motifs is 1. The van der Waals surface area contributed by atoms with Gasteiger partial charge in [0.25, 0.3) is 0 Å². The Labute approximate surface area is 116 Å². The number of aryl methyl sites for hydroxylation is 1. The molecule has 1 aromatic heterocycles. The Hall–Kier alpha value is -2.36. The largest absolute Gasteiger partial charge is 0.508 e. The molecule has 0 fully saturated rings. The number of halogens is 1. The maximum Gasteiger partial charge on any atom is 0.151 e. The summed E-state index contributed by atoms with van der Waals surface area (Å²) in [7, 11) is 0.